The second-order valence-electron chi connectivity index (χ2n) is 8.79. The number of pyridine rings is 1. The maximum absolute atomic E-state index is 12.2. The third-order valence-corrected chi connectivity index (χ3v) is 6.73. The predicted molar refractivity (Wildman–Crippen MR) is 114 cm³/mol. The van der Waals surface area contributed by atoms with Crippen molar-refractivity contribution in [2.24, 2.45) is 5.92 Å². The highest BCUT2D eigenvalue weighted by Gasteiger charge is 2.14. The summed E-state index contributed by atoms with van der Waals surface area (Å²) in [5, 5.41) is 10.3. The molecule has 0 saturated heterocycles. The highest BCUT2D eigenvalue weighted by atomic mass is 16.5. The molecule has 0 aromatic carbocycles. The predicted octanol–water partition coefficient (Wildman–Crippen LogP) is 6.64. The largest absolute Gasteiger partial charge is 0.428 e. The molecule has 1 aromatic heterocycles. The van der Waals surface area contributed by atoms with Crippen LogP contribution in [0.5, 0.6) is 0 Å². The molecule has 1 aliphatic rings. The summed E-state index contributed by atoms with van der Waals surface area (Å²) in [5.41, 5.74) is 2.92. The normalized spacial score (nSPS) is 15.4. The summed E-state index contributed by atoms with van der Waals surface area (Å²) in [6, 6.07) is 0. The van der Waals surface area contributed by atoms with Gasteiger partial charge in [0, 0.05) is 11.1 Å². The van der Waals surface area contributed by atoms with Crippen molar-refractivity contribution in [1.82, 2.24) is 4.73 Å². The summed E-state index contributed by atoms with van der Waals surface area (Å²) >= 11 is 0. The minimum Gasteiger partial charge on any atom is -0.428 e. The van der Waals surface area contributed by atoms with E-state index in [2.05, 4.69) is 0 Å². The number of nitrogens with zero attached hydrogens (tertiary/aromatic N) is 1. The van der Waals surface area contributed by atoms with Gasteiger partial charge in [0.2, 0.25) is 0 Å². The Morgan fingerprint density at radius 1 is 0.815 bits per heavy atom. The zero-order chi connectivity index (χ0) is 19.6. The zero-order valence-corrected chi connectivity index (χ0v) is 18.0. The topological polar surface area (TPSA) is 42.2 Å². The first-order valence-corrected chi connectivity index (χ1v) is 11.4. The summed E-state index contributed by atoms with van der Waals surface area (Å²) in [5.74, 6) is 1.04. The van der Waals surface area contributed by atoms with Gasteiger partial charge in [-0.3, -0.25) is 4.79 Å². The molecule has 2 rings (SSSR count). The third-order valence-electron chi connectivity index (χ3n) is 6.73. The van der Waals surface area contributed by atoms with Crippen molar-refractivity contribution in [3.05, 3.63) is 32.7 Å². The zero-order valence-electron chi connectivity index (χ0n) is 18.0. The van der Waals surface area contributed by atoms with Crippen LogP contribution in [0, 0.1) is 26.7 Å². The maximum atomic E-state index is 12.2. The van der Waals surface area contributed by atoms with Crippen LogP contribution in [0.25, 0.3) is 0 Å². The van der Waals surface area contributed by atoms with E-state index in [1.54, 1.807) is 6.92 Å². The van der Waals surface area contributed by atoms with Crippen LogP contribution in [0.2, 0.25) is 0 Å². The van der Waals surface area contributed by atoms with E-state index in [9.17, 15) is 10.0 Å². The average molecular weight is 376 g/mol. The summed E-state index contributed by atoms with van der Waals surface area (Å²) in [6.45, 7) is 5.44. The lowest BCUT2D eigenvalue weighted by Gasteiger charge is -2.21. The van der Waals surface area contributed by atoms with Crippen LogP contribution in [-0.4, -0.2) is 9.94 Å². The van der Waals surface area contributed by atoms with Gasteiger partial charge in [-0.1, -0.05) is 83.5 Å². The fourth-order valence-electron chi connectivity index (χ4n) is 4.65. The first-order chi connectivity index (χ1) is 13.0. The fraction of sp³-hybridized carbons (Fsp3) is 0.792. The minimum atomic E-state index is 0.0843. The smallest absolute Gasteiger partial charge is 0.188 e. The third kappa shape index (κ3) is 6.69. The Morgan fingerprint density at radius 3 is 2.00 bits per heavy atom. The van der Waals surface area contributed by atoms with Crippen molar-refractivity contribution in [1.29, 1.82) is 0 Å². The Kier molecular flexibility index (Phi) is 9.44. The van der Waals surface area contributed by atoms with E-state index in [0.717, 1.165) is 24.5 Å². The minimum absolute atomic E-state index is 0.0843. The quantitative estimate of drug-likeness (QED) is 0.348. The Morgan fingerprint density at radius 2 is 1.37 bits per heavy atom. The van der Waals surface area contributed by atoms with Gasteiger partial charge >= 0.3 is 0 Å². The van der Waals surface area contributed by atoms with Crippen LogP contribution < -0.4 is 5.43 Å². The number of rotatable bonds is 11. The molecule has 0 aliphatic heterocycles. The molecule has 154 valence electrons. The molecule has 1 heterocycles. The number of aromatic nitrogens is 1. The first-order valence-electron chi connectivity index (χ1n) is 11.4. The molecule has 1 N–H and O–H groups in total. The van der Waals surface area contributed by atoms with Crippen LogP contribution in [0.1, 0.15) is 112 Å². The molecule has 0 unspecified atom stereocenters. The maximum Gasteiger partial charge on any atom is 0.188 e. The van der Waals surface area contributed by atoms with Gasteiger partial charge < -0.3 is 5.21 Å². The van der Waals surface area contributed by atoms with Crippen LogP contribution in [0.4, 0.5) is 0 Å². The van der Waals surface area contributed by atoms with Gasteiger partial charge in [0.1, 0.15) is 0 Å². The first kappa shape index (κ1) is 22.0. The van der Waals surface area contributed by atoms with E-state index in [-0.39, 0.29) is 5.43 Å². The van der Waals surface area contributed by atoms with Crippen LogP contribution >= 0.6 is 0 Å². The molecule has 1 aliphatic carbocycles. The highest BCUT2D eigenvalue weighted by Crippen LogP contribution is 2.28. The Balaban J connectivity index is 1.53. The van der Waals surface area contributed by atoms with Crippen molar-refractivity contribution in [3.63, 3.8) is 0 Å². The van der Waals surface area contributed by atoms with Gasteiger partial charge in [0.15, 0.2) is 5.43 Å². The Labute approximate surface area is 166 Å². The Hall–Kier alpha value is -1.25. The highest BCUT2D eigenvalue weighted by molar-refractivity contribution is 5.29. The van der Waals surface area contributed by atoms with Crippen LogP contribution in [-0.2, 0) is 6.42 Å². The summed E-state index contributed by atoms with van der Waals surface area (Å²) < 4.78 is 1.23. The number of unbranched alkanes of at least 4 members (excludes halogenated alkanes) is 7. The molecule has 0 atom stereocenters. The molecule has 1 aromatic rings. The number of hydrogen-bond acceptors (Lipinski definition) is 2. The van der Waals surface area contributed by atoms with Crippen molar-refractivity contribution in [2.75, 3.05) is 0 Å². The van der Waals surface area contributed by atoms with E-state index < -0.39 is 0 Å². The summed E-state index contributed by atoms with van der Waals surface area (Å²) in [7, 11) is 0. The standard InChI is InChI=1S/C24H41NO2/c1-19-21(3)25(27)23(20(2)24(19)26)18-14-9-7-5-4-6-8-11-15-22-16-12-10-13-17-22/h22,27H,4-18H2,1-3H3. The lowest BCUT2D eigenvalue weighted by molar-refractivity contribution is 0.165. The molecule has 1 saturated carbocycles. The molecule has 0 amide bonds. The molecule has 3 heteroatoms. The average Bonchev–Trinajstić information content (AvgIpc) is 2.69. The SMILES string of the molecule is Cc1c(C)n(O)c(CCCCCCCCCCC2CCCCC2)c(C)c1=O. The van der Waals surface area contributed by atoms with Crippen molar-refractivity contribution in [2.45, 2.75) is 117 Å². The lowest BCUT2D eigenvalue weighted by atomic mass is 9.85. The molecule has 0 spiro atoms. The van der Waals surface area contributed by atoms with Gasteiger partial charge in [-0.2, -0.15) is 4.73 Å². The van der Waals surface area contributed by atoms with Gasteiger partial charge in [-0.15, -0.1) is 0 Å². The molecule has 0 radical (unpaired) electrons. The molecule has 1 fully saturated rings. The van der Waals surface area contributed by atoms with Gasteiger partial charge in [-0.05, 0) is 39.5 Å². The lowest BCUT2D eigenvalue weighted by Crippen LogP contribution is -2.21. The summed E-state index contributed by atoms with van der Waals surface area (Å²) in [6.07, 6.45) is 20.1. The van der Waals surface area contributed by atoms with E-state index in [1.165, 1.54) is 88.2 Å². The Bertz CT molecular complexity index is 626. The molecule has 0 bridgehead atoms. The second kappa shape index (κ2) is 11.6. The molecular weight excluding hydrogens is 334 g/mol. The summed E-state index contributed by atoms with van der Waals surface area (Å²) in [4.78, 5) is 12.2. The van der Waals surface area contributed by atoms with Crippen molar-refractivity contribution in [3.8, 4) is 0 Å². The van der Waals surface area contributed by atoms with E-state index >= 15 is 0 Å². The van der Waals surface area contributed by atoms with Crippen molar-refractivity contribution >= 4 is 0 Å². The molecular formula is C24H41NO2. The second-order valence-corrected chi connectivity index (χ2v) is 8.79. The van der Waals surface area contributed by atoms with Gasteiger partial charge in [0.05, 0.1) is 11.4 Å². The molecule has 3 nitrogen and oxygen atoms in total. The number of hydrogen-bond donors (Lipinski definition) is 1. The van der Waals surface area contributed by atoms with Crippen molar-refractivity contribution < 1.29 is 5.21 Å². The van der Waals surface area contributed by atoms with E-state index in [1.807, 2.05) is 13.8 Å². The molecule has 27 heavy (non-hydrogen) atoms. The van der Waals surface area contributed by atoms with Crippen LogP contribution in [0.3, 0.4) is 0 Å². The van der Waals surface area contributed by atoms with E-state index in [4.69, 9.17) is 0 Å². The monoisotopic (exact) mass is 375 g/mol. The van der Waals surface area contributed by atoms with Crippen LogP contribution in [0.15, 0.2) is 4.79 Å². The van der Waals surface area contributed by atoms with Gasteiger partial charge in [-0.25, -0.2) is 0 Å². The van der Waals surface area contributed by atoms with E-state index in [0.29, 0.717) is 16.8 Å². The fourth-order valence-corrected chi connectivity index (χ4v) is 4.65. The van der Waals surface area contributed by atoms with Gasteiger partial charge in [0.25, 0.3) is 0 Å².